The van der Waals surface area contributed by atoms with Crippen LogP contribution in [0.1, 0.15) is 11.6 Å². The van der Waals surface area contributed by atoms with Crippen molar-refractivity contribution in [1.82, 2.24) is 5.32 Å². The number of hydrogen-bond acceptors (Lipinski definition) is 1. The molecule has 0 aromatic heterocycles. The summed E-state index contributed by atoms with van der Waals surface area (Å²) in [4.78, 5) is 0. The Balaban J connectivity index is 1.97. The number of benzene rings is 3. The summed E-state index contributed by atoms with van der Waals surface area (Å²) in [5.74, 6) is 0. The normalized spacial score (nSPS) is 16.7. The number of nitrogens with one attached hydrogen (secondary N) is 1. The fourth-order valence-corrected chi connectivity index (χ4v) is 2.87. The number of rotatable bonds is 1. The van der Waals surface area contributed by atoms with E-state index >= 15 is 0 Å². The zero-order valence-electron chi connectivity index (χ0n) is 11.1. The monoisotopic (exact) mass is 257 g/mol. The Labute approximate surface area is 117 Å². The van der Waals surface area contributed by atoms with Gasteiger partial charge in [-0.2, -0.15) is 0 Å². The molecule has 0 fully saturated rings. The molecule has 3 aromatic carbocycles. The third-order valence-electron chi connectivity index (χ3n) is 3.91. The first-order valence-electron chi connectivity index (χ1n) is 6.93. The van der Waals surface area contributed by atoms with Gasteiger partial charge in [0.05, 0.1) is 6.04 Å². The molecule has 1 aliphatic rings. The van der Waals surface area contributed by atoms with Crippen molar-refractivity contribution in [2.24, 2.45) is 0 Å². The van der Waals surface area contributed by atoms with Crippen LogP contribution in [-0.2, 0) is 0 Å². The van der Waals surface area contributed by atoms with Gasteiger partial charge < -0.3 is 5.32 Å². The maximum Gasteiger partial charge on any atom is 0.0702 e. The van der Waals surface area contributed by atoms with Gasteiger partial charge in [-0.3, -0.25) is 0 Å². The second kappa shape index (κ2) is 4.53. The highest BCUT2D eigenvalue weighted by Crippen LogP contribution is 2.16. The van der Waals surface area contributed by atoms with Crippen LogP contribution in [0.25, 0.3) is 23.0 Å². The first-order valence-corrected chi connectivity index (χ1v) is 6.93. The van der Waals surface area contributed by atoms with Crippen LogP contribution in [0.2, 0.25) is 0 Å². The molecule has 1 heterocycles. The van der Waals surface area contributed by atoms with Gasteiger partial charge in [0.1, 0.15) is 0 Å². The van der Waals surface area contributed by atoms with Gasteiger partial charge in [0.15, 0.2) is 0 Å². The van der Waals surface area contributed by atoms with Crippen molar-refractivity contribution in [2.75, 3.05) is 0 Å². The summed E-state index contributed by atoms with van der Waals surface area (Å²) in [6.07, 6.45) is 4.45. The fourth-order valence-electron chi connectivity index (χ4n) is 2.87. The van der Waals surface area contributed by atoms with Crippen molar-refractivity contribution in [3.8, 4) is 0 Å². The molecular weight excluding hydrogens is 242 g/mol. The minimum absolute atomic E-state index is 0.245. The van der Waals surface area contributed by atoms with Gasteiger partial charge in [-0.05, 0) is 32.8 Å². The van der Waals surface area contributed by atoms with Crippen molar-refractivity contribution in [2.45, 2.75) is 6.04 Å². The zero-order chi connectivity index (χ0) is 13.4. The minimum Gasteiger partial charge on any atom is -0.380 e. The van der Waals surface area contributed by atoms with Crippen LogP contribution in [0.15, 0.2) is 66.7 Å². The Hall–Kier alpha value is -2.54. The predicted octanol–water partition coefficient (Wildman–Crippen LogP) is 2.70. The van der Waals surface area contributed by atoms with Crippen molar-refractivity contribution in [3.05, 3.63) is 82.7 Å². The van der Waals surface area contributed by atoms with E-state index in [9.17, 15) is 0 Å². The van der Waals surface area contributed by atoms with Crippen LogP contribution in [0.4, 0.5) is 0 Å². The van der Waals surface area contributed by atoms with E-state index in [1.165, 1.54) is 26.8 Å². The van der Waals surface area contributed by atoms with Crippen LogP contribution >= 0.6 is 0 Å². The highest BCUT2D eigenvalue weighted by atomic mass is 14.9. The Morgan fingerprint density at radius 3 is 2.45 bits per heavy atom. The molecule has 0 saturated carbocycles. The van der Waals surface area contributed by atoms with Crippen LogP contribution in [0.5, 0.6) is 0 Å². The zero-order valence-corrected chi connectivity index (χ0v) is 11.1. The molecule has 0 spiro atoms. The van der Waals surface area contributed by atoms with Gasteiger partial charge in [-0.1, -0.05) is 66.7 Å². The van der Waals surface area contributed by atoms with Gasteiger partial charge in [-0.15, -0.1) is 0 Å². The average Bonchev–Trinajstić information content (AvgIpc) is 2.55. The summed E-state index contributed by atoms with van der Waals surface area (Å²) in [5, 5.41) is 8.68. The summed E-state index contributed by atoms with van der Waals surface area (Å²) in [6.45, 7) is 0. The van der Waals surface area contributed by atoms with Crippen molar-refractivity contribution >= 4 is 23.0 Å². The van der Waals surface area contributed by atoms with Crippen molar-refractivity contribution in [3.63, 3.8) is 0 Å². The molecule has 1 heteroatoms. The number of fused-ring (bicyclic) bond motifs is 3. The smallest absolute Gasteiger partial charge is 0.0702 e. The Kier molecular flexibility index (Phi) is 2.56. The largest absolute Gasteiger partial charge is 0.380 e. The van der Waals surface area contributed by atoms with Crippen molar-refractivity contribution < 1.29 is 0 Å². The molecule has 96 valence electrons. The quantitative estimate of drug-likeness (QED) is 0.707. The first-order chi connectivity index (χ1) is 9.92. The number of hydrogen-bond donors (Lipinski definition) is 1. The average molecular weight is 257 g/mol. The fraction of sp³-hybridized carbons (Fsp3) is 0.0526. The molecule has 0 amide bonds. The minimum atomic E-state index is 0.245. The van der Waals surface area contributed by atoms with Crippen molar-refractivity contribution in [1.29, 1.82) is 0 Å². The lowest BCUT2D eigenvalue weighted by Gasteiger charge is -2.18. The van der Waals surface area contributed by atoms with E-state index in [1.807, 2.05) is 0 Å². The highest BCUT2D eigenvalue weighted by molar-refractivity contribution is 5.84. The topological polar surface area (TPSA) is 12.0 Å². The third-order valence-corrected chi connectivity index (χ3v) is 3.91. The summed E-state index contributed by atoms with van der Waals surface area (Å²) in [6, 6.07) is 23.7. The lowest BCUT2D eigenvalue weighted by molar-refractivity contribution is 0.815. The lowest BCUT2D eigenvalue weighted by atomic mass is 9.99. The van der Waals surface area contributed by atoms with Gasteiger partial charge in [0.2, 0.25) is 0 Å². The SMILES string of the molecule is C1=c2ccc3ccccc3c2=CC(c2ccccc2)N1. The highest BCUT2D eigenvalue weighted by Gasteiger charge is 2.09. The maximum atomic E-state index is 3.48. The molecule has 0 saturated heterocycles. The van der Waals surface area contributed by atoms with Gasteiger partial charge in [-0.25, -0.2) is 0 Å². The first kappa shape index (κ1) is 11.3. The van der Waals surface area contributed by atoms with E-state index in [1.54, 1.807) is 0 Å². The molecule has 1 nitrogen and oxygen atoms in total. The molecular formula is C19H15N. The molecule has 0 radical (unpaired) electrons. The second-order valence-electron chi connectivity index (χ2n) is 5.16. The van der Waals surface area contributed by atoms with E-state index in [4.69, 9.17) is 0 Å². The molecule has 1 N–H and O–H groups in total. The summed E-state index contributed by atoms with van der Waals surface area (Å²) in [7, 11) is 0. The van der Waals surface area contributed by atoms with E-state index in [0.29, 0.717) is 0 Å². The maximum absolute atomic E-state index is 3.48. The third kappa shape index (κ3) is 1.79. The molecule has 0 bridgehead atoms. The van der Waals surface area contributed by atoms with E-state index in [2.05, 4.69) is 84.3 Å². The van der Waals surface area contributed by atoms with Gasteiger partial charge >= 0.3 is 0 Å². The molecule has 1 aliphatic heterocycles. The molecule has 20 heavy (non-hydrogen) atoms. The summed E-state index contributed by atoms with van der Waals surface area (Å²) >= 11 is 0. The Bertz CT molecular complexity index is 879. The van der Waals surface area contributed by atoms with Crippen LogP contribution in [0.3, 0.4) is 0 Å². The van der Waals surface area contributed by atoms with Crippen LogP contribution in [-0.4, -0.2) is 0 Å². The Morgan fingerprint density at radius 1 is 0.750 bits per heavy atom. The van der Waals surface area contributed by atoms with E-state index < -0.39 is 0 Å². The Morgan fingerprint density at radius 2 is 1.55 bits per heavy atom. The lowest BCUT2D eigenvalue weighted by Crippen LogP contribution is -2.35. The molecule has 3 aromatic rings. The summed E-state index contributed by atoms with van der Waals surface area (Å²) in [5.41, 5.74) is 1.29. The molecule has 1 atom stereocenters. The van der Waals surface area contributed by atoms with Gasteiger partial charge in [0, 0.05) is 6.20 Å². The predicted molar refractivity (Wildman–Crippen MR) is 84.4 cm³/mol. The second-order valence-corrected chi connectivity index (χ2v) is 5.16. The van der Waals surface area contributed by atoms with Gasteiger partial charge in [0.25, 0.3) is 0 Å². The molecule has 1 unspecified atom stereocenters. The van der Waals surface area contributed by atoms with E-state index in [0.717, 1.165) is 0 Å². The molecule has 0 aliphatic carbocycles. The van der Waals surface area contributed by atoms with Crippen LogP contribution in [0, 0.1) is 0 Å². The standard InChI is InChI=1S/C19H15N/c1-2-7-15(8-3-1)19-12-18-16(13-20-19)11-10-14-6-4-5-9-17(14)18/h1-13,19-20H. The summed E-state index contributed by atoms with van der Waals surface area (Å²) < 4.78 is 0. The van der Waals surface area contributed by atoms with Crippen LogP contribution < -0.4 is 15.8 Å². The molecule has 4 rings (SSSR count). The van der Waals surface area contributed by atoms with E-state index in [-0.39, 0.29) is 6.04 Å².